The van der Waals surface area contributed by atoms with Crippen molar-refractivity contribution < 1.29 is 13.6 Å². The van der Waals surface area contributed by atoms with Crippen molar-refractivity contribution in [3.63, 3.8) is 0 Å². The van der Waals surface area contributed by atoms with Crippen molar-refractivity contribution in [1.29, 1.82) is 0 Å². The van der Waals surface area contributed by atoms with Gasteiger partial charge in [-0.2, -0.15) is 0 Å². The summed E-state index contributed by atoms with van der Waals surface area (Å²) in [6.45, 7) is 6.11. The first-order valence-electron chi connectivity index (χ1n) is 8.73. The Labute approximate surface area is 146 Å². The van der Waals surface area contributed by atoms with E-state index in [2.05, 4.69) is 15.1 Å². The number of furan rings is 1. The molecule has 0 aliphatic carbocycles. The number of hydrogen-bond acceptors (Lipinski definition) is 6. The molecule has 0 radical (unpaired) electrons. The maximum atomic E-state index is 12.1. The van der Waals surface area contributed by atoms with Crippen LogP contribution in [0.25, 0.3) is 11.7 Å². The normalized spacial score (nSPS) is 20.0. The molecule has 2 aliphatic rings. The summed E-state index contributed by atoms with van der Waals surface area (Å²) in [5.74, 6) is 1.66. The Morgan fingerprint density at radius 1 is 1.20 bits per heavy atom. The van der Waals surface area contributed by atoms with Crippen LogP contribution in [-0.2, 0) is 6.54 Å². The highest BCUT2D eigenvalue weighted by atomic mass is 16.4. The number of aromatic nitrogens is 2. The van der Waals surface area contributed by atoms with Gasteiger partial charge in [0, 0.05) is 44.8 Å². The zero-order valence-corrected chi connectivity index (χ0v) is 14.6. The molecular formula is C17H23N5O3. The van der Waals surface area contributed by atoms with Crippen LogP contribution in [0.1, 0.15) is 24.3 Å². The first kappa shape index (κ1) is 16.1. The molecule has 2 fully saturated rings. The molecule has 0 aromatic carbocycles. The average Bonchev–Trinajstić information content (AvgIpc) is 3.31. The molecule has 25 heavy (non-hydrogen) atoms. The molecule has 2 aromatic rings. The standard InChI is InChI=1S/C17H23N5O3/c1-12-5-10-24-15(12)16-19-18-14(25-16)11-21-6-3-13(4-7-21)22-9-8-20(2)17(22)23/h5,10,13H,3-4,6-9,11H2,1-2H3. The van der Waals surface area contributed by atoms with Gasteiger partial charge in [0.05, 0.1) is 12.8 Å². The summed E-state index contributed by atoms with van der Waals surface area (Å²) in [5, 5.41) is 8.22. The minimum Gasteiger partial charge on any atom is -0.459 e. The van der Waals surface area contributed by atoms with E-state index in [0.29, 0.717) is 30.1 Å². The Balaban J connectivity index is 1.33. The van der Waals surface area contributed by atoms with Crippen molar-refractivity contribution >= 4 is 6.03 Å². The maximum absolute atomic E-state index is 12.1. The lowest BCUT2D eigenvalue weighted by atomic mass is 10.0. The number of likely N-dealkylation sites (N-methyl/N-ethyl adjacent to an activating group) is 1. The van der Waals surface area contributed by atoms with Gasteiger partial charge in [-0.3, -0.25) is 4.90 Å². The molecule has 0 unspecified atom stereocenters. The largest absolute Gasteiger partial charge is 0.459 e. The van der Waals surface area contributed by atoms with E-state index in [0.717, 1.165) is 44.6 Å². The SMILES string of the molecule is Cc1ccoc1-c1nnc(CN2CCC(N3CCN(C)C3=O)CC2)o1. The number of piperidine rings is 1. The smallest absolute Gasteiger partial charge is 0.320 e. The van der Waals surface area contributed by atoms with E-state index in [1.54, 1.807) is 11.2 Å². The van der Waals surface area contributed by atoms with Gasteiger partial charge in [0.1, 0.15) is 0 Å². The van der Waals surface area contributed by atoms with Crippen molar-refractivity contribution in [2.75, 3.05) is 33.2 Å². The number of urea groups is 1. The van der Waals surface area contributed by atoms with Crippen molar-refractivity contribution in [3.8, 4) is 11.7 Å². The topological polar surface area (TPSA) is 78.9 Å². The molecule has 2 aromatic heterocycles. The Bertz CT molecular complexity index is 747. The van der Waals surface area contributed by atoms with Crippen LogP contribution >= 0.6 is 0 Å². The van der Waals surface area contributed by atoms with Crippen LogP contribution in [0.3, 0.4) is 0 Å². The first-order valence-corrected chi connectivity index (χ1v) is 8.73. The molecular weight excluding hydrogens is 322 g/mol. The van der Waals surface area contributed by atoms with Crippen molar-refractivity contribution in [2.45, 2.75) is 32.4 Å². The molecule has 4 heterocycles. The van der Waals surface area contributed by atoms with Crippen molar-refractivity contribution in [1.82, 2.24) is 24.9 Å². The molecule has 2 amide bonds. The average molecular weight is 345 g/mol. The summed E-state index contributed by atoms with van der Waals surface area (Å²) in [6, 6.07) is 2.38. The monoisotopic (exact) mass is 345 g/mol. The van der Waals surface area contributed by atoms with E-state index in [1.165, 1.54) is 0 Å². The third kappa shape index (κ3) is 3.13. The number of likely N-dealkylation sites (tertiary alicyclic amines) is 1. The Morgan fingerprint density at radius 3 is 2.64 bits per heavy atom. The molecule has 0 spiro atoms. The molecule has 8 nitrogen and oxygen atoms in total. The van der Waals surface area contributed by atoms with Gasteiger partial charge >= 0.3 is 6.03 Å². The summed E-state index contributed by atoms with van der Waals surface area (Å²) in [5.41, 5.74) is 0.983. The lowest BCUT2D eigenvalue weighted by Gasteiger charge is -2.35. The fourth-order valence-corrected chi connectivity index (χ4v) is 3.59. The van der Waals surface area contributed by atoms with Gasteiger partial charge in [0.2, 0.25) is 5.89 Å². The summed E-state index contributed by atoms with van der Waals surface area (Å²) < 4.78 is 11.1. The van der Waals surface area contributed by atoms with Gasteiger partial charge in [0.15, 0.2) is 5.76 Å². The van der Waals surface area contributed by atoms with E-state index in [-0.39, 0.29) is 6.03 Å². The van der Waals surface area contributed by atoms with Gasteiger partial charge in [-0.05, 0) is 25.8 Å². The lowest BCUT2D eigenvalue weighted by molar-refractivity contribution is 0.122. The van der Waals surface area contributed by atoms with Gasteiger partial charge in [-0.15, -0.1) is 10.2 Å². The van der Waals surface area contributed by atoms with Crippen molar-refractivity contribution in [3.05, 3.63) is 23.8 Å². The maximum Gasteiger partial charge on any atom is 0.320 e. The number of hydrogen-bond donors (Lipinski definition) is 0. The minimum atomic E-state index is 0.161. The van der Waals surface area contributed by atoms with E-state index in [4.69, 9.17) is 8.83 Å². The number of carbonyl (C=O) groups is 1. The Hall–Kier alpha value is -2.35. The van der Waals surface area contributed by atoms with Gasteiger partial charge in [-0.1, -0.05) is 0 Å². The van der Waals surface area contributed by atoms with Crippen molar-refractivity contribution in [2.24, 2.45) is 0 Å². The predicted octanol–water partition coefficient (Wildman–Crippen LogP) is 1.97. The number of rotatable bonds is 4. The third-order valence-electron chi connectivity index (χ3n) is 5.13. The van der Waals surface area contributed by atoms with Crippen LogP contribution in [0.5, 0.6) is 0 Å². The van der Waals surface area contributed by atoms with Crippen LogP contribution in [-0.4, -0.2) is 70.2 Å². The molecule has 134 valence electrons. The Kier molecular flexibility index (Phi) is 4.20. The van der Waals surface area contributed by atoms with Crippen LogP contribution in [0.2, 0.25) is 0 Å². The highest BCUT2D eigenvalue weighted by Gasteiger charge is 2.33. The lowest BCUT2D eigenvalue weighted by Crippen LogP contribution is -2.46. The molecule has 2 saturated heterocycles. The second kappa shape index (κ2) is 6.51. The molecule has 0 atom stereocenters. The minimum absolute atomic E-state index is 0.161. The molecule has 8 heteroatoms. The second-order valence-corrected chi connectivity index (χ2v) is 6.84. The van der Waals surface area contributed by atoms with Gasteiger partial charge in [-0.25, -0.2) is 4.79 Å². The fraction of sp³-hybridized carbons (Fsp3) is 0.588. The van der Waals surface area contributed by atoms with E-state index >= 15 is 0 Å². The molecule has 0 N–H and O–H groups in total. The highest BCUT2D eigenvalue weighted by molar-refractivity contribution is 5.76. The van der Waals surface area contributed by atoms with E-state index < -0.39 is 0 Å². The summed E-state index contributed by atoms with van der Waals surface area (Å²) in [4.78, 5) is 18.2. The summed E-state index contributed by atoms with van der Waals surface area (Å²) in [7, 11) is 1.87. The van der Waals surface area contributed by atoms with Crippen LogP contribution in [0.15, 0.2) is 21.2 Å². The quantitative estimate of drug-likeness (QED) is 0.843. The van der Waals surface area contributed by atoms with Crippen LogP contribution in [0.4, 0.5) is 4.79 Å². The number of amides is 2. The summed E-state index contributed by atoms with van der Waals surface area (Å²) >= 11 is 0. The molecule has 4 rings (SSSR count). The van der Waals surface area contributed by atoms with Crippen LogP contribution < -0.4 is 0 Å². The Morgan fingerprint density at radius 2 is 2.00 bits per heavy atom. The molecule has 0 bridgehead atoms. The number of carbonyl (C=O) groups excluding carboxylic acids is 1. The van der Waals surface area contributed by atoms with E-state index in [9.17, 15) is 4.79 Å². The third-order valence-corrected chi connectivity index (χ3v) is 5.13. The number of nitrogens with zero attached hydrogens (tertiary/aromatic N) is 5. The first-order chi connectivity index (χ1) is 12.1. The zero-order chi connectivity index (χ0) is 17.4. The molecule has 0 saturated carbocycles. The zero-order valence-electron chi connectivity index (χ0n) is 14.6. The second-order valence-electron chi connectivity index (χ2n) is 6.84. The number of aryl methyl sites for hydroxylation is 1. The molecule has 2 aliphatic heterocycles. The van der Waals surface area contributed by atoms with E-state index in [1.807, 2.05) is 24.9 Å². The predicted molar refractivity (Wildman–Crippen MR) is 89.8 cm³/mol. The highest BCUT2D eigenvalue weighted by Crippen LogP contribution is 2.25. The van der Waals surface area contributed by atoms with Crippen LogP contribution in [0, 0.1) is 6.92 Å². The summed E-state index contributed by atoms with van der Waals surface area (Å²) in [6.07, 6.45) is 3.59. The van der Waals surface area contributed by atoms with Gasteiger partial charge < -0.3 is 18.6 Å². The fourth-order valence-electron chi connectivity index (χ4n) is 3.59. The van der Waals surface area contributed by atoms with Gasteiger partial charge in [0.25, 0.3) is 5.89 Å².